The second kappa shape index (κ2) is 7.61. The summed E-state index contributed by atoms with van der Waals surface area (Å²) in [4.78, 5) is 5.35. The fraction of sp³-hybridized carbons (Fsp3) is 1.00. The first-order valence-electron chi connectivity index (χ1n) is 8.42. The molecule has 0 amide bonds. The van der Waals surface area contributed by atoms with Crippen molar-refractivity contribution in [3.05, 3.63) is 0 Å². The summed E-state index contributed by atoms with van der Waals surface area (Å²) < 4.78 is 0. The lowest BCUT2D eigenvalue weighted by Crippen LogP contribution is -2.57. The van der Waals surface area contributed by atoms with Crippen LogP contribution >= 0.6 is 0 Å². The van der Waals surface area contributed by atoms with E-state index in [0.717, 1.165) is 18.0 Å². The zero-order chi connectivity index (χ0) is 13.7. The zero-order valence-electron chi connectivity index (χ0n) is 13.2. The molecule has 112 valence electrons. The number of nitrogens with one attached hydrogen (secondary N) is 1. The molecule has 0 aromatic rings. The van der Waals surface area contributed by atoms with Crippen LogP contribution in [0.4, 0.5) is 0 Å². The minimum Gasteiger partial charge on any atom is -0.315 e. The predicted octanol–water partition coefficient (Wildman–Crippen LogP) is 2.18. The molecule has 0 bridgehead atoms. The molecule has 2 fully saturated rings. The monoisotopic (exact) mass is 267 g/mol. The summed E-state index contributed by atoms with van der Waals surface area (Å²) >= 11 is 0. The van der Waals surface area contributed by atoms with Gasteiger partial charge in [-0.15, -0.1) is 0 Å². The van der Waals surface area contributed by atoms with E-state index < -0.39 is 0 Å². The number of hydrogen-bond donors (Lipinski definition) is 1. The maximum atomic E-state index is 3.58. The SMILES string of the molecule is CCCC1CCC(NC)C(N2CCN(CC)CC2)C1. The summed E-state index contributed by atoms with van der Waals surface area (Å²) in [6.07, 6.45) is 7.02. The molecule has 2 aliphatic rings. The molecule has 0 aromatic carbocycles. The van der Waals surface area contributed by atoms with Gasteiger partial charge < -0.3 is 10.2 Å². The van der Waals surface area contributed by atoms with E-state index in [4.69, 9.17) is 0 Å². The first-order chi connectivity index (χ1) is 9.28. The Hall–Kier alpha value is -0.120. The molecule has 1 heterocycles. The Balaban J connectivity index is 1.90. The van der Waals surface area contributed by atoms with Gasteiger partial charge in [0.05, 0.1) is 0 Å². The van der Waals surface area contributed by atoms with E-state index in [1.807, 2.05) is 0 Å². The van der Waals surface area contributed by atoms with Crippen molar-refractivity contribution in [2.24, 2.45) is 5.92 Å². The van der Waals surface area contributed by atoms with Gasteiger partial charge in [-0.3, -0.25) is 4.90 Å². The summed E-state index contributed by atoms with van der Waals surface area (Å²) in [5.74, 6) is 0.976. The summed E-state index contributed by atoms with van der Waals surface area (Å²) in [6.45, 7) is 10.9. The van der Waals surface area contributed by atoms with Crippen LogP contribution in [0.5, 0.6) is 0 Å². The maximum Gasteiger partial charge on any atom is 0.0252 e. The highest BCUT2D eigenvalue weighted by molar-refractivity contribution is 4.92. The van der Waals surface area contributed by atoms with Crippen LogP contribution in [0.15, 0.2) is 0 Å². The number of likely N-dealkylation sites (N-methyl/N-ethyl adjacent to an activating group) is 2. The van der Waals surface area contributed by atoms with Gasteiger partial charge in [-0.05, 0) is 38.8 Å². The molecule has 0 radical (unpaired) electrons. The van der Waals surface area contributed by atoms with E-state index in [9.17, 15) is 0 Å². The highest BCUT2D eigenvalue weighted by atomic mass is 15.3. The van der Waals surface area contributed by atoms with Crippen molar-refractivity contribution < 1.29 is 0 Å². The molecule has 3 nitrogen and oxygen atoms in total. The molecule has 1 N–H and O–H groups in total. The Labute approximate surface area is 119 Å². The standard InChI is InChI=1S/C16H33N3/c1-4-6-14-7-8-15(17-3)16(13-14)19-11-9-18(5-2)10-12-19/h14-17H,4-13H2,1-3H3. The van der Waals surface area contributed by atoms with Crippen LogP contribution in [0.1, 0.15) is 46.0 Å². The molecule has 1 aliphatic carbocycles. The van der Waals surface area contributed by atoms with Gasteiger partial charge in [0.15, 0.2) is 0 Å². The third-order valence-electron chi connectivity index (χ3n) is 5.32. The van der Waals surface area contributed by atoms with Gasteiger partial charge >= 0.3 is 0 Å². The van der Waals surface area contributed by atoms with Crippen LogP contribution in [0.3, 0.4) is 0 Å². The van der Waals surface area contributed by atoms with Gasteiger partial charge in [-0.25, -0.2) is 0 Å². The summed E-state index contributed by atoms with van der Waals surface area (Å²) in [6, 6.07) is 1.51. The molecule has 3 atom stereocenters. The van der Waals surface area contributed by atoms with E-state index in [1.54, 1.807) is 0 Å². The van der Waals surface area contributed by atoms with Gasteiger partial charge in [-0.1, -0.05) is 26.7 Å². The van der Waals surface area contributed by atoms with Crippen molar-refractivity contribution in [3.63, 3.8) is 0 Å². The molecule has 1 aliphatic heterocycles. The van der Waals surface area contributed by atoms with E-state index in [0.29, 0.717) is 0 Å². The molecule has 3 unspecified atom stereocenters. The largest absolute Gasteiger partial charge is 0.315 e. The van der Waals surface area contributed by atoms with Crippen LogP contribution in [0.25, 0.3) is 0 Å². The van der Waals surface area contributed by atoms with Crippen LogP contribution in [-0.2, 0) is 0 Å². The average molecular weight is 267 g/mol. The van der Waals surface area contributed by atoms with Crippen molar-refractivity contribution in [3.8, 4) is 0 Å². The number of hydrogen-bond acceptors (Lipinski definition) is 3. The Bertz CT molecular complexity index is 248. The Kier molecular flexibility index (Phi) is 6.11. The second-order valence-electron chi connectivity index (χ2n) is 6.40. The molecule has 1 saturated carbocycles. The van der Waals surface area contributed by atoms with Gasteiger partial charge in [-0.2, -0.15) is 0 Å². The first kappa shape index (κ1) is 15.3. The molecule has 0 spiro atoms. The fourth-order valence-corrected chi connectivity index (χ4v) is 4.05. The van der Waals surface area contributed by atoms with Crippen LogP contribution in [0, 0.1) is 5.92 Å². The zero-order valence-corrected chi connectivity index (χ0v) is 13.2. The minimum atomic E-state index is 0.723. The van der Waals surface area contributed by atoms with E-state index in [-0.39, 0.29) is 0 Å². The average Bonchev–Trinajstić information content (AvgIpc) is 2.47. The molecule has 3 heteroatoms. The van der Waals surface area contributed by atoms with Gasteiger partial charge in [0.25, 0.3) is 0 Å². The Morgan fingerprint density at radius 2 is 1.79 bits per heavy atom. The Morgan fingerprint density at radius 1 is 1.05 bits per heavy atom. The third-order valence-corrected chi connectivity index (χ3v) is 5.32. The molecule has 2 rings (SSSR count). The van der Waals surface area contributed by atoms with Crippen molar-refractivity contribution in [2.75, 3.05) is 39.8 Å². The van der Waals surface area contributed by atoms with Crippen molar-refractivity contribution in [1.29, 1.82) is 0 Å². The maximum absolute atomic E-state index is 3.58. The van der Waals surface area contributed by atoms with Crippen molar-refractivity contribution in [2.45, 2.75) is 58.0 Å². The first-order valence-corrected chi connectivity index (χ1v) is 8.42. The smallest absolute Gasteiger partial charge is 0.0252 e. The van der Waals surface area contributed by atoms with E-state index >= 15 is 0 Å². The molecule has 19 heavy (non-hydrogen) atoms. The van der Waals surface area contributed by atoms with Gasteiger partial charge in [0, 0.05) is 38.3 Å². The van der Waals surface area contributed by atoms with E-state index in [1.165, 1.54) is 64.8 Å². The number of piperazine rings is 1. The quantitative estimate of drug-likeness (QED) is 0.824. The van der Waals surface area contributed by atoms with Gasteiger partial charge in [0.1, 0.15) is 0 Å². The molecular formula is C16H33N3. The van der Waals surface area contributed by atoms with E-state index in [2.05, 4.69) is 36.0 Å². The van der Waals surface area contributed by atoms with Crippen LogP contribution < -0.4 is 5.32 Å². The fourth-order valence-electron chi connectivity index (χ4n) is 4.05. The number of rotatable bonds is 5. The summed E-state index contributed by atoms with van der Waals surface area (Å²) in [5.41, 5.74) is 0. The lowest BCUT2D eigenvalue weighted by Gasteiger charge is -2.46. The summed E-state index contributed by atoms with van der Waals surface area (Å²) in [7, 11) is 2.15. The molecule has 0 aromatic heterocycles. The molecule has 1 saturated heterocycles. The van der Waals surface area contributed by atoms with Crippen LogP contribution in [-0.4, -0.2) is 61.7 Å². The predicted molar refractivity (Wildman–Crippen MR) is 82.6 cm³/mol. The Morgan fingerprint density at radius 3 is 2.37 bits per heavy atom. The second-order valence-corrected chi connectivity index (χ2v) is 6.40. The summed E-state index contributed by atoms with van der Waals surface area (Å²) in [5, 5.41) is 3.58. The lowest BCUT2D eigenvalue weighted by atomic mass is 9.79. The van der Waals surface area contributed by atoms with Crippen molar-refractivity contribution in [1.82, 2.24) is 15.1 Å². The topological polar surface area (TPSA) is 18.5 Å². The third kappa shape index (κ3) is 3.93. The molecular weight excluding hydrogens is 234 g/mol. The highest BCUT2D eigenvalue weighted by Gasteiger charge is 2.34. The van der Waals surface area contributed by atoms with Crippen LogP contribution in [0.2, 0.25) is 0 Å². The lowest BCUT2D eigenvalue weighted by molar-refractivity contribution is 0.0499. The highest BCUT2D eigenvalue weighted by Crippen LogP contribution is 2.31. The minimum absolute atomic E-state index is 0.723. The van der Waals surface area contributed by atoms with Crippen molar-refractivity contribution >= 4 is 0 Å². The number of nitrogens with zero attached hydrogens (tertiary/aromatic N) is 2. The van der Waals surface area contributed by atoms with Gasteiger partial charge in [0.2, 0.25) is 0 Å². The normalized spacial score (nSPS) is 34.6.